The molecule has 2 rings (SSSR count). The van der Waals surface area contributed by atoms with Crippen molar-refractivity contribution in [3.8, 4) is 0 Å². The van der Waals surface area contributed by atoms with Gasteiger partial charge >= 0.3 is 6.09 Å². The van der Waals surface area contributed by atoms with Crippen molar-refractivity contribution in [2.45, 2.75) is 77.7 Å². The first-order valence-corrected chi connectivity index (χ1v) is 9.10. The Balaban J connectivity index is 1.87. The van der Waals surface area contributed by atoms with Crippen molar-refractivity contribution in [1.82, 2.24) is 10.4 Å². The number of ether oxygens (including phenoxy) is 1. The van der Waals surface area contributed by atoms with E-state index >= 15 is 0 Å². The lowest BCUT2D eigenvalue weighted by atomic mass is 9.82. The van der Waals surface area contributed by atoms with Crippen LogP contribution in [0.2, 0.25) is 0 Å². The number of nitrogens with one attached hydrogen (secondary N) is 1. The standard InChI is InChI=1S/C20H30N2O4/c1-15(26-22-19(2,3)12-9-13-20(22,4)5)17(23)21-18(24)25-14-16-10-7-6-8-11-16/h6-8,10-11,15H,9,12-14H2,1-5H3,(H,21,23,24). The molecule has 1 saturated heterocycles. The number of carbonyl (C=O) groups excluding carboxylic acids is 2. The van der Waals surface area contributed by atoms with Crippen LogP contribution in [-0.2, 0) is 21.0 Å². The molecular formula is C20H30N2O4. The lowest BCUT2D eigenvalue weighted by molar-refractivity contribution is -0.295. The zero-order valence-corrected chi connectivity index (χ0v) is 16.4. The summed E-state index contributed by atoms with van der Waals surface area (Å²) < 4.78 is 5.08. The second kappa shape index (κ2) is 8.18. The molecule has 6 heteroatoms. The number of hydrogen-bond donors (Lipinski definition) is 1. The molecule has 26 heavy (non-hydrogen) atoms. The molecule has 2 amide bonds. The number of imide groups is 1. The van der Waals surface area contributed by atoms with E-state index < -0.39 is 18.1 Å². The summed E-state index contributed by atoms with van der Waals surface area (Å²) in [6.07, 6.45) is 1.53. The van der Waals surface area contributed by atoms with Crippen molar-refractivity contribution in [1.29, 1.82) is 0 Å². The summed E-state index contributed by atoms with van der Waals surface area (Å²) in [5, 5.41) is 4.15. The highest BCUT2D eigenvalue weighted by atomic mass is 16.7. The third kappa shape index (κ3) is 5.29. The molecule has 0 spiro atoms. The Morgan fingerprint density at radius 1 is 1.12 bits per heavy atom. The predicted molar refractivity (Wildman–Crippen MR) is 99.2 cm³/mol. The highest BCUT2D eigenvalue weighted by molar-refractivity contribution is 5.94. The van der Waals surface area contributed by atoms with Gasteiger partial charge in [0.15, 0.2) is 6.10 Å². The van der Waals surface area contributed by atoms with E-state index in [1.54, 1.807) is 6.92 Å². The predicted octanol–water partition coefficient (Wildman–Crippen LogP) is 3.80. The van der Waals surface area contributed by atoms with Crippen molar-refractivity contribution in [2.24, 2.45) is 0 Å². The number of hydrogen-bond acceptors (Lipinski definition) is 5. The fourth-order valence-electron chi connectivity index (χ4n) is 3.43. The number of carbonyl (C=O) groups is 2. The minimum Gasteiger partial charge on any atom is -0.444 e. The van der Waals surface area contributed by atoms with E-state index in [-0.39, 0.29) is 17.7 Å². The number of rotatable bonds is 5. The van der Waals surface area contributed by atoms with E-state index in [2.05, 4.69) is 33.0 Å². The molecule has 6 nitrogen and oxygen atoms in total. The van der Waals surface area contributed by atoms with Crippen LogP contribution in [0.4, 0.5) is 4.79 Å². The largest absolute Gasteiger partial charge is 0.444 e. The summed E-state index contributed by atoms with van der Waals surface area (Å²) in [5.74, 6) is -0.514. The van der Waals surface area contributed by atoms with Crippen LogP contribution in [0, 0.1) is 0 Å². The van der Waals surface area contributed by atoms with Crippen LogP contribution in [0.15, 0.2) is 30.3 Å². The normalized spacial score (nSPS) is 20.2. The van der Waals surface area contributed by atoms with Gasteiger partial charge < -0.3 is 4.74 Å². The maximum absolute atomic E-state index is 12.3. The SMILES string of the molecule is CC(ON1C(C)(C)CCCC1(C)C)C(=O)NC(=O)OCc1ccccc1. The van der Waals surface area contributed by atoms with Crippen molar-refractivity contribution in [3.63, 3.8) is 0 Å². The zero-order chi connectivity index (χ0) is 19.4. The first-order chi connectivity index (χ1) is 12.1. The molecule has 1 aliphatic rings. The molecule has 0 bridgehead atoms. The van der Waals surface area contributed by atoms with Crippen LogP contribution < -0.4 is 5.32 Å². The first-order valence-electron chi connectivity index (χ1n) is 9.10. The topological polar surface area (TPSA) is 67.9 Å². The molecule has 1 aliphatic heterocycles. The van der Waals surface area contributed by atoms with Crippen LogP contribution in [0.5, 0.6) is 0 Å². The summed E-state index contributed by atoms with van der Waals surface area (Å²) in [4.78, 5) is 30.1. The number of amides is 2. The average molecular weight is 362 g/mol. The minimum absolute atomic E-state index is 0.112. The van der Waals surface area contributed by atoms with Crippen LogP contribution in [0.25, 0.3) is 0 Å². The zero-order valence-electron chi connectivity index (χ0n) is 16.4. The molecule has 1 aromatic carbocycles. The van der Waals surface area contributed by atoms with Crippen molar-refractivity contribution in [3.05, 3.63) is 35.9 Å². The second-order valence-corrected chi connectivity index (χ2v) is 8.07. The average Bonchev–Trinajstić information content (AvgIpc) is 2.56. The van der Waals surface area contributed by atoms with Gasteiger partial charge in [0.05, 0.1) is 0 Å². The number of alkyl carbamates (subject to hydrolysis) is 1. The number of benzene rings is 1. The van der Waals surface area contributed by atoms with E-state index in [1.807, 2.05) is 35.4 Å². The molecular weight excluding hydrogens is 332 g/mol. The third-order valence-electron chi connectivity index (χ3n) is 4.75. The maximum atomic E-state index is 12.3. The van der Waals surface area contributed by atoms with Gasteiger partial charge in [-0.1, -0.05) is 30.3 Å². The first kappa shape index (κ1) is 20.4. The molecule has 1 heterocycles. The fraction of sp³-hybridized carbons (Fsp3) is 0.600. The fourth-order valence-corrected chi connectivity index (χ4v) is 3.43. The molecule has 1 unspecified atom stereocenters. The Morgan fingerprint density at radius 3 is 2.27 bits per heavy atom. The quantitative estimate of drug-likeness (QED) is 0.863. The molecule has 144 valence electrons. The Hall–Kier alpha value is -1.92. The lowest BCUT2D eigenvalue weighted by Crippen LogP contribution is -2.60. The van der Waals surface area contributed by atoms with E-state index in [0.29, 0.717) is 0 Å². The summed E-state index contributed by atoms with van der Waals surface area (Å²) in [6, 6.07) is 9.30. The highest BCUT2D eigenvalue weighted by Crippen LogP contribution is 2.38. The molecule has 1 atom stereocenters. The van der Waals surface area contributed by atoms with E-state index in [9.17, 15) is 9.59 Å². The van der Waals surface area contributed by atoms with Gasteiger partial charge in [-0.3, -0.25) is 14.9 Å². The molecule has 0 aliphatic carbocycles. The van der Waals surface area contributed by atoms with E-state index in [1.165, 1.54) is 0 Å². The van der Waals surface area contributed by atoms with Gasteiger partial charge in [-0.25, -0.2) is 4.79 Å². The van der Waals surface area contributed by atoms with Crippen molar-refractivity contribution < 1.29 is 19.2 Å². The lowest BCUT2D eigenvalue weighted by Gasteiger charge is -2.51. The van der Waals surface area contributed by atoms with Gasteiger partial charge in [-0.2, -0.15) is 5.06 Å². The molecule has 0 radical (unpaired) electrons. The molecule has 1 N–H and O–H groups in total. The Bertz CT molecular complexity index is 612. The summed E-state index contributed by atoms with van der Waals surface area (Å²) >= 11 is 0. The van der Waals surface area contributed by atoms with Gasteiger partial charge in [-0.05, 0) is 59.4 Å². The minimum atomic E-state index is -0.795. The summed E-state index contributed by atoms with van der Waals surface area (Å²) in [5.41, 5.74) is 0.505. The summed E-state index contributed by atoms with van der Waals surface area (Å²) in [7, 11) is 0. The van der Waals surface area contributed by atoms with Gasteiger partial charge in [-0.15, -0.1) is 0 Å². The molecule has 0 aromatic heterocycles. The van der Waals surface area contributed by atoms with Gasteiger partial charge in [0, 0.05) is 11.1 Å². The number of piperidine rings is 1. The van der Waals surface area contributed by atoms with Crippen LogP contribution in [0.3, 0.4) is 0 Å². The highest BCUT2D eigenvalue weighted by Gasteiger charge is 2.43. The molecule has 1 aromatic rings. The smallest absolute Gasteiger partial charge is 0.414 e. The van der Waals surface area contributed by atoms with Gasteiger partial charge in [0.2, 0.25) is 0 Å². The Labute approximate surface area is 155 Å². The molecule has 0 saturated carbocycles. The number of hydroxylamine groups is 2. The van der Waals surface area contributed by atoms with E-state index in [4.69, 9.17) is 9.57 Å². The maximum Gasteiger partial charge on any atom is 0.414 e. The summed E-state index contributed by atoms with van der Waals surface area (Å²) in [6.45, 7) is 10.2. The van der Waals surface area contributed by atoms with Gasteiger partial charge in [0.25, 0.3) is 5.91 Å². The van der Waals surface area contributed by atoms with Crippen molar-refractivity contribution in [2.75, 3.05) is 0 Å². The Kier molecular flexibility index (Phi) is 6.42. The van der Waals surface area contributed by atoms with Gasteiger partial charge in [0.1, 0.15) is 6.61 Å². The number of nitrogens with zero attached hydrogens (tertiary/aromatic N) is 1. The van der Waals surface area contributed by atoms with Crippen LogP contribution in [0.1, 0.15) is 59.4 Å². The van der Waals surface area contributed by atoms with E-state index in [0.717, 1.165) is 24.8 Å². The van der Waals surface area contributed by atoms with Crippen LogP contribution >= 0.6 is 0 Å². The Morgan fingerprint density at radius 2 is 1.69 bits per heavy atom. The second-order valence-electron chi connectivity index (χ2n) is 8.07. The van der Waals surface area contributed by atoms with Crippen LogP contribution in [-0.4, -0.2) is 34.2 Å². The third-order valence-corrected chi connectivity index (χ3v) is 4.75. The molecule has 1 fully saturated rings. The van der Waals surface area contributed by atoms with Crippen molar-refractivity contribution >= 4 is 12.0 Å². The monoisotopic (exact) mass is 362 g/mol.